The topological polar surface area (TPSA) is 26.3 Å². The van der Waals surface area contributed by atoms with Crippen LogP contribution in [0.25, 0.3) is 0 Å². The monoisotopic (exact) mass is 112 g/mol. The van der Waals surface area contributed by atoms with Gasteiger partial charge in [-0.05, 0) is 6.92 Å². The van der Waals surface area contributed by atoms with Gasteiger partial charge in [0.05, 0.1) is 6.26 Å². The Morgan fingerprint density at radius 1 is 1.75 bits per heavy atom. The minimum absolute atomic E-state index is 0.387. The van der Waals surface area contributed by atoms with E-state index in [2.05, 4.69) is 11.3 Å². The lowest BCUT2D eigenvalue weighted by molar-refractivity contribution is -0.132. The fourth-order valence-corrected chi connectivity index (χ4v) is 0.257. The van der Waals surface area contributed by atoms with Crippen molar-refractivity contribution in [2.45, 2.75) is 6.92 Å². The maximum absolute atomic E-state index is 10.3. The maximum atomic E-state index is 10.3. The number of rotatable bonds is 2. The summed E-state index contributed by atoms with van der Waals surface area (Å²) < 4.78 is 4.32. The highest BCUT2D eigenvalue weighted by Gasteiger charge is 1.86. The van der Waals surface area contributed by atoms with Crippen LogP contribution in [-0.4, -0.2) is 5.97 Å². The summed E-state index contributed by atoms with van der Waals surface area (Å²) in [5.74, 6) is -0.387. The summed E-state index contributed by atoms with van der Waals surface area (Å²) in [5, 5.41) is 0. The molecule has 0 aliphatic rings. The predicted molar refractivity (Wildman–Crippen MR) is 31.1 cm³/mol. The van der Waals surface area contributed by atoms with E-state index in [0.717, 1.165) is 6.26 Å². The van der Waals surface area contributed by atoms with Gasteiger partial charge >= 0.3 is 5.97 Å². The molecule has 0 amide bonds. The molecule has 2 heteroatoms. The summed E-state index contributed by atoms with van der Waals surface area (Å²) in [4.78, 5) is 10.3. The lowest BCUT2D eigenvalue weighted by atomic mass is 10.5. The van der Waals surface area contributed by atoms with E-state index in [0.29, 0.717) is 0 Å². The second-order valence-electron chi connectivity index (χ2n) is 1.10. The molecule has 0 spiro atoms. The van der Waals surface area contributed by atoms with E-state index in [1.54, 1.807) is 13.0 Å². The Bertz CT molecular complexity index is 114. The number of hydrogen-bond acceptors (Lipinski definition) is 2. The minimum Gasteiger partial charge on any atom is -0.432 e. The zero-order valence-corrected chi connectivity index (χ0v) is 4.76. The first-order valence-electron chi connectivity index (χ1n) is 2.25. The van der Waals surface area contributed by atoms with Crippen molar-refractivity contribution in [2.75, 3.05) is 0 Å². The normalized spacial score (nSPS) is 9.12. The molecule has 0 fully saturated rings. The van der Waals surface area contributed by atoms with Gasteiger partial charge in [0, 0.05) is 6.08 Å². The first-order chi connectivity index (χ1) is 3.81. The van der Waals surface area contributed by atoms with Gasteiger partial charge in [-0.25, -0.2) is 4.79 Å². The summed E-state index contributed by atoms with van der Waals surface area (Å²) >= 11 is 0. The maximum Gasteiger partial charge on any atom is 0.335 e. The van der Waals surface area contributed by atoms with Gasteiger partial charge in [-0.2, -0.15) is 0 Å². The lowest BCUT2D eigenvalue weighted by Crippen LogP contribution is -1.91. The third-order valence-corrected chi connectivity index (χ3v) is 0.502. The smallest absolute Gasteiger partial charge is 0.335 e. The van der Waals surface area contributed by atoms with Crippen LogP contribution < -0.4 is 0 Å². The summed E-state index contributed by atoms with van der Waals surface area (Å²) in [7, 11) is 0. The molecule has 0 saturated heterocycles. The van der Waals surface area contributed by atoms with Crippen LogP contribution in [0.3, 0.4) is 0 Å². The third-order valence-electron chi connectivity index (χ3n) is 0.502. The molecule has 0 saturated carbocycles. The average Bonchev–Trinajstić information content (AvgIpc) is 1.68. The molecular formula is C6H8O2. The number of carbonyl (C=O) groups excluding carboxylic acids is 1. The molecule has 0 aromatic heterocycles. The molecule has 0 aromatic carbocycles. The zero-order chi connectivity index (χ0) is 6.41. The Morgan fingerprint density at radius 3 is 2.75 bits per heavy atom. The van der Waals surface area contributed by atoms with Crippen molar-refractivity contribution >= 4 is 5.97 Å². The molecule has 8 heavy (non-hydrogen) atoms. The first-order valence-corrected chi connectivity index (χ1v) is 2.25. The van der Waals surface area contributed by atoms with Crippen LogP contribution in [0.4, 0.5) is 0 Å². The van der Waals surface area contributed by atoms with Crippen LogP contribution in [0.15, 0.2) is 25.0 Å². The second kappa shape index (κ2) is 4.12. The Labute approximate surface area is 48.5 Å². The number of esters is 1. The van der Waals surface area contributed by atoms with Gasteiger partial charge in [0.25, 0.3) is 0 Å². The molecule has 2 nitrogen and oxygen atoms in total. The molecule has 44 valence electrons. The quantitative estimate of drug-likeness (QED) is 0.305. The molecule has 0 N–H and O–H groups in total. The Balaban J connectivity index is 3.48. The number of ether oxygens (including phenoxy) is 1. The molecule has 0 aromatic rings. The van der Waals surface area contributed by atoms with Crippen molar-refractivity contribution in [3.05, 3.63) is 25.0 Å². The highest BCUT2D eigenvalue weighted by Crippen LogP contribution is 1.78. The molecule has 0 rings (SSSR count). The number of hydrogen-bond donors (Lipinski definition) is 0. The first kappa shape index (κ1) is 6.95. The molecular weight excluding hydrogens is 104 g/mol. The summed E-state index contributed by atoms with van der Waals surface area (Å²) in [5.41, 5.74) is 0. The van der Waals surface area contributed by atoms with Gasteiger partial charge in [0.2, 0.25) is 0 Å². The van der Waals surface area contributed by atoms with Gasteiger partial charge in [-0.15, -0.1) is 0 Å². The fraction of sp³-hybridized carbons (Fsp3) is 0.167. The molecule has 0 atom stereocenters. The van der Waals surface area contributed by atoms with Crippen LogP contribution >= 0.6 is 0 Å². The van der Waals surface area contributed by atoms with Crippen molar-refractivity contribution < 1.29 is 9.53 Å². The summed E-state index contributed by atoms with van der Waals surface area (Å²) in [6, 6.07) is 0. The van der Waals surface area contributed by atoms with Crippen molar-refractivity contribution in [3.63, 3.8) is 0 Å². The van der Waals surface area contributed by atoms with Crippen molar-refractivity contribution in [3.8, 4) is 0 Å². The summed E-state index contributed by atoms with van der Waals surface area (Å²) in [6.45, 7) is 4.95. The second-order valence-corrected chi connectivity index (χ2v) is 1.10. The van der Waals surface area contributed by atoms with Gasteiger partial charge in [-0.3, -0.25) is 0 Å². The van der Waals surface area contributed by atoms with E-state index in [-0.39, 0.29) is 5.97 Å². The van der Waals surface area contributed by atoms with Crippen LogP contribution in [0.2, 0.25) is 0 Å². The molecule has 0 aliphatic heterocycles. The van der Waals surface area contributed by atoms with E-state index in [1.165, 1.54) is 6.08 Å². The standard InChI is InChI=1S/C6H8O2/c1-3-5-6(7)8-4-2/h3-5H,2H2,1H3/b5-3+. The van der Waals surface area contributed by atoms with Gasteiger partial charge < -0.3 is 4.74 Å². The van der Waals surface area contributed by atoms with Gasteiger partial charge in [0.15, 0.2) is 0 Å². The zero-order valence-electron chi connectivity index (χ0n) is 4.76. The van der Waals surface area contributed by atoms with Crippen molar-refractivity contribution in [2.24, 2.45) is 0 Å². The molecule has 0 aliphatic carbocycles. The van der Waals surface area contributed by atoms with Crippen LogP contribution in [0, 0.1) is 0 Å². The summed E-state index contributed by atoms with van der Waals surface area (Å²) in [6.07, 6.45) is 4.02. The van der Waals surface area contributed by atoms with E-state index in [4.69, 9.17) is 0 Å². The highest BCUT2D eigenvalue weighted by molar-refractivity contribution is 5.82. The van der Waals surface area contributed by atoms with Crippen LogP contribution in [-0.2, 0) is 9.53 Å². The molecule has 0 unspecified atom stereocenters. The molecule has 0 heterocycles. The molecule has 0 radical (unpaired) electrons. The number of carbonyl (C=O) groups is 1. The SMILES string of the molecule is C=COC(=O)/C=C/C. The Hall–Kier alpha value is -1.05. The fourth-order valence-electron chi connectivity index (χ4n) is 0.257. The van der Waals surface area contributed by atoms with E-state index >= 15 is 0 Å². The van der Waals surface area contributed by atoms with E-state index in [9.17, 15) is 4.79 Å². The largest absolute Gasteiger partial charge is 0.432 e. The van der Waals surface area contributed by atoms with Crippen molar-refractivity contribution in [1.82, 2.24) is 0 Å². The van der Waals surface area contributed by atoms with Gasteiger partial charge in [-0.1, -0.05) is 12.7 Å². The minimum atomic E-state index is -0.387. The Kier molecular flexibility index (Phi) is 3.58. The predicted octanol–water partition coefficient (Wildman–Crippen LogP) is 1.25. The average molecular weight is 112 g/mol. The van der Waals surface area contributed by atoms with Crippen molar-refractivity contribution in [1.29, 1.82) is 0 Å². The van der Waals surface area contributed by atoms with Crippen LogP contribution in [0.5, 0.6) is 0 Å². The van der Waals surface area contributed by atoms with E-state index in [1.807, 2.05) is 0 Å². The lowest BCUT2D eigenvalue weighted by Gasteiger charge is -1.86. The highest BCUT2D eigenvalue weighted by atomic mass is 16.5. The third kappa shape index (κ3) is 3.15. The van der Waals surface area contributed by atoms with Gasteiger partial charge in [0.1, 0.15) is 0 Å². The van der Waals surface area contributed by atoms with Crippen LogP contribution in [0.1, 0.15) is 6.92 Å². The molecule has 0 bridgehead atoms. The van der Waals surface area contributed by atoms with E-state index < -0.39 is 0 Å². The Morgan fingerprint density at radius 2 is 2.38 bits per heavy atom. The number of allylic oxidation sites excluding steroid dienone is 1.